The van der Waals surface area contributed by atoms with Crippen LogP contribution in [-0.2, 0) is 9.59 Å². The first-order chi connectivity index (χ1) is 13.4. The molecule has 28 heavy (non-hydrogen) atoms. The molecule has 0 unspecified atom stereocenters. The lowest BCUT2D eigenvalue weighted by Gasteiger charge is -2.34. The van der Waals surface area contributed by atoms with E-state index in [0.717, 1.165) is 24.2 Å². The van der Waals surface area contributed by atoms with Gasteiger partial charge >= 0.3 is 6.03 Å². The minimum absolute atomic E-state index is 0.110. The van der Waals surface area contributed by atoms with Crippen molar-refractivity contribution in [2.24, 2.45) is 5.92 Å². The van der Waals surface area contributed by atoms with E-state index in [1.165, 1.54) is 0 Å². The molecule has 2 aliphatic rings. The van der Waals surface area contributed by atoms with Gasteiger partial charge in [-0.05, 0) is 55.9 Å². The van der Waals surface area contributed by atoms with Crippen molar-refractivity contribution in [3.05, 3.63) is 29.8 Å². The van der Waals surface area contributed by atoms with Gasteiger partial charge in [0.05, 0.1) is 6.54 Å². The normalized spacial score (nSPS) is 24.4. The number of carbonyl (C=O) groups excluding carboxylic acids is 4. The highest BCUT2D eigenvalue weighted by molar-refractivity contribution is 6.11. The summed E-state index contributed by atoms with van der Waals surface area (Å²) in [6.45, 7) is 3.62. The Morgan fingerprint density at radius 2 is 1.79 bits per heavy atom. The Morgan fingerprint density at radius 3 is 2.36 bits per heavy atom. The van der Waals surface area contributed by atoms with Crippen LogP contribution in [0, 0.1) is 5.92 Å². The van der Waals surface area contributed by atoms with Crippen LogP contribution in [0.2, 0.25) is 0 Å². The number of rotatable bonds is 6. The second-order valence-electron chi connectivity index (χ2n) is 7.66. The summed E-state index contributed by atoms with van der Waals surface area (Å²) in [4.78, 5) is 50.3. The van der Waals surface area contributed by atoms with Gasteiger partial charge in [0, 0.05) is 17.7 Å². The van der Waals surface area contributed by atoms with E-state index in [1.807, 2.05) is 0 Å². The van der Waals surface area contributed by atoms with E-state index in [9.17, 15) is 19.2 Å². The second-order valence-corrected chi connectivity index (χ2v) is 7.66. The maximum Gasteiger partial charge on any atom is 0.325 e. The lowest BCUT2D eigenvalue weighted by Crippen LogP contribution is -2.49. The number of carbonyl (C=O) groups is 4. The number of urea groups is 1. The van der Waals surface area contributed by atoms with Gasteiger partial charge in [0.25, 0.3) is 5.91 Å². The van der Waals surface area contributed by atoms with Crippen molar-refractivity contribution in [2.45, 2.75) is 57.9 Å². The zero-order valence-corrected chi connectivity index (χ0v) is 16.4. The number of hydrogen-bond acceptors (Lipinski definition) is 4. The summed E-state index contributed by atoms with van der Waals surface area (Å²) in [6, 6.07) is 5.98. The molecule has 0 aromatic heterocycles. The Kier molecular flexibility index (Phi) is 5.82. The van der Waals surface area contributed by atoms with Crippen LogP contribution in [0.4, 0.5) is 10.5 Å². The number of nitrogens with zero attached hydrogens (tertiary/aromatic N) is 1. The van der Waals surface area contributed by atoms with Gasteiger partial charge in [0.15, 0.2) is 5.78 Å². The first-order valence-electron chi connectivity index (χ1n) is 9.95. The molecule has 1 aromatic carbocycles. The predicted molar refractivity (Wildman–Crippen MR) is 105 cm³/mol. The van der Waals surface area contributed by atoms with Gasteiger partial charge in [-0.1, -0.05) is 20.3 Å². The van der Waals surface area contributed by atoms with Crippen molar-refractivity contribution in [3.63, 3.8) is 0 Å². The van der Waals surface area contributed by atoms with E-state index in [1.54, 1.807) is 31.2 Å². The maximum atomic E-state index is 12.9. The fourth-order valence-electron chi connectivity index (χ4n) is 3.96. The highest BCUT2D eigenvalue weighted by Crippen LogP contribution is 2.37. The summed E-state index contributed by atoms with van der Waals surface area (Å²) in [7, 11) is 0. The molecule has 1 aromatic rings. The van der Waals surface area contributed by atoms with Crippen LogP contribution in [0.1, 0.15) is 62.7 Å². The van der Waals surface area contributed by atoms with Gasteiger partial charge in [0.2, 0.25) is 5.91 Å². The molecule has 0 bridgehead atoms. The Hall–Kier alpha value is -2.70. The fraction of sp³-hybridized carbons (Fsp3) is 0.524. The number of benzene rings is 1. The largest absolute Gasteiger partial charge is 0.326 e. The number of imide groups is 1. The maximum absolute atomic E-state index is 12.9. The monoisotopic (exact) mass is 385 g/mol. The minimum Gasteiger partial charge on any atom is -0.326 e. The highest BCUT2D eigenvalue weighted by Gasteiger charge is 2.52. The van der Waals surface area contributed by atoms with Crippen molar-refractivity contribution in [3.8, 4) is 0 Å². The Morgan fingerprint density at radius 1 is 1.14 bits per heavy atom. The van der Waals surface area contributed by atoms with Gasteiger partial charge in [-0.25, -0.2) is 4.79 Å². The third-order valence-electron chi connectivity index (χ3n) is 5.90. The number of anilines is 1. The average Bonchev–Trinajstić information content (AvgIpc) is 2.93. The van der Waals surface area contributed by atoms with Crippen LogP contribution < -0.4 is 10.6 Å². The SMILES string of the molecule is CCC(=O)Nc1ccc(C(=O)CN2C(=O)NC3(CCC(CC)CC3)C2=O)cc1. The van der Waals surface area contributed by atoms with Crippen molar-refractivity contribution in [2.75, 3.05) is 11.9 Å². The fourth-order valence-corrected chi connectivity index (χ4v) is 3.96. The number of amides is 4. The van der Waals surface area contributed by atoms with Crippen molar-refractivity contribution in [1.29, 1.82) is 0 Å². The van der Waals surface area contributed by atoms with Gasteiger partial charge < -0.3 is 10.6 Å². The predicted octanol–water partition coefficient (Wildman–Crippen LogP) is 3.11. The molecule has 7 nitrogen and oxygen atoms in total. The Balaban J connectivity index is 1.65. The van der Waals surface area contributed by atoms with E-state index in [2.05, 4.69) is 17.6 Å². The Labute approximate surface area is 164 Å². The standard InChI is InChI=1S/C21H27N3O4/c1-3-14-9-11-21(12-10-14)19(27)24(20(28)23-21)13-17(25)15-5-7-16(8-6-15)22-18(26)4-2/h5-8,14H,3-4,9-13H2,1-2H3,(H,22,26)(H,23,28). The molecule has 1 aliphatic heterocycles. The molecule has 4 amide bonds. The first-order valence-corrected chi connectivity index (χ1v) is 9.95. The summed E-state index contributed by atoms with van der Waals surface area (Å²) in [5, 5.41) is 5.56. The van der Waals surface area contributed by atoms with E-state index < -0.39 is 11.6 Å². The van der Waals surface area contributed by atoms with Crippen LogP contribution in [0.25, 0.3) is 0 Å². The van der Waals surface area contributed by atoms with Crippen LogP contribution in [0.15, 0.2) is 24.3 Å². The van der Waals surface area contributed by atoms with Crippen LogP contribution in [0.5, 0.6) is 0 Å². The molecular weight excluding hydrogens is 358 g/mol. The summed E-state index contributed by atoms with van der Waals surface area (Å²) in [6.07, 6.45) is 4.53. The first kappa shape index (κ1) is 20.0. The highest BCUT2D eigenvalue weighted by atomic mass is 16.2. The molecule has 2 fully saturated rings. The van der Waals surface area contributed by atoms with Gasteiger partial charge in [-0.15, -0.1) is 0 Å². The topological polar surface area (TPSA) is 95.6 Å². The minimum atomic E-state index is -0.836. The van der Waals surface area contributed by atoms with Crippen molar-refractivity contribution < 1.29 is 19.2 Å². The number of ketones is 1. The summed E-state index contributed by atoms with van der Waals surface area (Å²) in [5.41, 5.74) is 0.160. The summed E-state index contributed by atoms with van der Waals surface area (Å²) in [5.74, 6) is -0.109. The number of Topliss-reactive ketones (excluding diaryl/α,β-unsaturated/α-hetero) is 1. The van der Waals surface area contributed by atoms with E-state index >= 15 is 0 Å². The molecule has 1 saturated heterocycles. The van der Waals surface area contributed by atoms with Crippen molar-refractivity contribution in [1.82, 2.24) is 10.2 Å². The molecular formula is C21H27N3O4. The number of nitrogens with one attached hydrogen (secondary N) is 2. The second kappa shape index (κ2) is 8.12. The van der Waals surface area contributed by atoms with Gasteiger partial charge in [0.1, 0.15) is 5.54 Å². The molecule has 2 N–H and O–H groups in total. The van der Waals surface area contributed by atoms with Crippen LogP contribution in [-0.4, -0.2) is 40.6 Å². The van der Waals surface area contributed by atoms with Crippen LogP contribution in [0.3, 0.4) is 0 Å². The summed E-state index contributed by atoms with van der Waals surface area (Å²) < 4.78 is 0. The molecule has 7 heteroatoms. The molecule has 1 aliphatic carbocycles. The number of hydrogen-bond donors (Lipinski definition) is 2. The van der Waals surface area contributed by atoms with E-state index in [0.29, 0.717) is 36.4 Å². The Bertz CT molecular complexity index is 779. The lowest BCUT2D eigenvalue weighted by molar-refractivity contribution is -0.132. The van der Waals surface area contributed by atoms with Crippen molar-refractivity contribution >= 4 is 29.3 Å². The quantitative estimate of drug-likeness (QED) is 0.581. The van der Waals surface area contributed by atoms with E-state index in [-0.39, 0.29) is 24.1 Å². The lowest BCUT2D eigenvalue weighted by atomic mass is 9.75. The van der Waals surface area contributed by atoms with Gasteiger partial charge in [-0.2, -0.15) is 0 Å². The van der Waals surface area contributed by atoms with Gasteiger partial charge in [-0.3, -0.25) is 19.3 Å². The zero-order valence-electron chi connectivity index (χ0n) is 16.4. The summed E-state index contributed by atoms with van der Waals surface area (Å²) >= 11 is 0. The van der Waals surface area contributed by atoms with E-state index in [4.69, 9.17) is 0 Å². The third kappa shape index (κ3) is 3.93. The zero-order chi connectivity index (χ0) is 20.3. The molecule has 0 radical (unpaired) electrons. The molecule has 1 spiro atoms. The molecule has 3 rings (SSSR count). The molecule has 150 valence electrons. The molecule has 0 atom stereocenters. The molecule has 1 heterocycles. The third-order valence-corrected chi connectivity index (χ3v) is 5.90. The smallest absolute Gasteiger partial charge is 0.325 e. The average molecular weight is 385 g/mol. The molecule has 1 saturated carbocycles. The van der Waals surface area contributed by atoms with Crippen LogP contribution >= 0.6 is 0 Å².